The molecule has 5 atom stereocenters. The Balaban J connectivity index is 1.18. The van der Waals surface area contributed by atoms with Gasteiger partial charge in [0.1, 0.15) is 11.5 Å². The van der Waals surface area contributed by atoms with Crippen LogP contribution in [0.3, 0.4) is 0 Å². The summed E-state index contributed by atoms with van der Waals surface area (Å²) in [5.41, 5.74) is 2.47. The summed E-state index contributed by atoms with van der Waals surface area (Å²) in [6.45, 7) is 6.13. The molecule has 4 aliphatic rings. The molecule has 3 fully saturated rings. The second-order valence-electron chi connectivity index (χ2n) is 11.7. The van der Waals surface area contributed by atoms with Crippen molar-refractivity contribution in [2.75, 3.05) is 38.3 Å². The van der Waals surface area contributed by atoms with E-state index in [1.54, 1.807) is 7.11 Å². The van der Waals surface area contributed by atoms with Crippen molar-refractivity contribution in [2.24, 2.45) is 11.8 Å². The number of ether oxygens (including phenoxy) is 2. The number of para-hydroxylation sites is 1. The molecule has 4 unspecified atom stereocenters. The Labute approximate surface area is 256 Å². The molecule has 0 aliphatic carbocycles. The number of urea groups is 1. The Kier molecular flexibility index (Phi) is 8.65. The minimum absolute atomic E-state index is 0.0158. The molecule has 0 saturated carbocycles. The molecular formula is C32H39N5O5S. The number of thioether (sulfide) groups is 1. The van der Waals surface area contributed by atoms with Gasteiger partial charge >= 0.3 is 6.03 Å². The highest BCUT2D eigenvalue weighted by Gasteiger charge is 2.52. The Morgan fingerprint density at radius 2 is 1.95 bits per heavy atom. The molecule has 4 aliphatic heterocycles. The number of piperidine rings is 2. The van der Waals surface area contributed by atoms with Crippen molar-refractivity contribution in [2.45, 2.75) is 50.6 Å². The zero-order valence-electron chi connectivity index (χ0n) is 24.8. The number of carbonyl (C=O) groups excluding carboxylic acids is 3. The zero-order chi connectivity index (χ0) is 30.1. The maximum atomic E-state index is 13.7. The number of carbonyl (C=O) groups is 3. The number of amides is 4. The molecule has 0 aromatic heterocycles. The van der Waals surface area contributed by atoms with Crippen LogP contribution in [0.4, 0.5) is 10.5 Å². The fraction of sp³-hybridized carbons (Fsp3) is 0.469. The average Bonchev–Trinajstić information content (AvgIpc) is 3.38. The van der Waals surface area contributed by atoms with E-state index in [-0.39, 0.29) is 47.1 Å². The highest BCUT2D eigenvalue weighted by atomic mass is 32.2. The molecule has 2 aromatic carbocycles. The number of aryl methyl sites for hydroxylation is 1. The van der Waals surface area contributed by atoms with Crippen LogP contribution in [0.15, 0.2) is 59.1 Å². The number of hydrogen-bond donors (Lipinski definition) is 3. The Morgan fingerprint density at radius 1 is 1.14 bits per heavy atom. The summed E-state index contributed by atoms with van der Waals surface area (Å²) in [6, 6.07) is 14.9. The third-order valence-corrected chi connectivity index (χ3v) is 10.0. The predicted octanol–water partition coefficient (Wildman–Crippen LogP) is 3.97. The third kappa shape index (κ3) is 5.98. The van der Waals surface area contributed by atoms with Gasteiger partial charge in [0.25, 0.3) is 5.91 Å². The van der Waals surface area contributed by atoms with Gasteiger partial charge in [-0.1, -0.05) is 36.9 Å². The van der Waals surface area contributed by atoms with Crippen molar-refractivity contribution in [1.29, 1.82) is 0 Å². The minimum atomic E-state index is -0.230. The fourth-order valence-electron chi connectivity index (χ4n) is 6.67. The molecule has 228 valence electrons. The van der Waals surface area contributed by atoms with Crippen LogP contribution in [0.1, 0.15) is 31.7 Å². The summed E-state index contributed by atoms with van der Waals surface area (Å²) in [7, 11) is 1.59. The van der Waals surface area contributed by atoms with E-state index < -0.39 is 0 Å². The number of methoxy groups -OCH3 is 1. The second-order valence-corrected chi connectivity index (χ2v) is 12.9. The Bertz CT molecular complexity index is 1420. The molecule has 3 N–H and O–H groups in total. The van der Waals surface area contributed by atoms with Crippen LogP contribution < -0.4 is 25.6 Å². The van der Waals surface area contributed by atoms with E-state index in [0.29, 0.717) is 36.0 Å². The smallest absolute Gasteiger partial charge is 0.326 e. The van der Waals surface area contributed by atoms with Gasteiger partial charge in [0, 0.05) is 43.5 Å². The fourth-order valence-corrected chi connectivity index (χ4v) is 8.07. The van der Waals surface area contributed by atoms with Gasteiger partial charge in [0.15, 0.2) is 0 Å². The van der Waals surface area contributed by atoms with Crippen molar-refractivity contribution in [3.05, 3.63) is 64.7 Å². The van der Waals surface area contributed by atoms with E-state index in [4.69, 9.17) is 9.47 Å². The molecular weight excluding hydrogens is 566 g/mol. The van der Waals surface area contributed by atoms with E-state index in [9.17, 15) is 14.4 Å². The number of anilines is 1. The molecule has 0 bridgehead atoms. The molecule has 4 heterocycles. The minimum Gasteiger partial charge on any atom is -0.457 e. The topological polar surface area (TPSA) is 112 Å². The molecule has 0 spiro atoms. The number of rotatable bonds is 8. The lowest BCUT2D eigenvalue weighted by Crippen LogP contribution is -2.62. The van der Waals surface area contributed by atoms with Gasteiger partial charge in [-0.2, -0.15) is 0 Å². The van der Waals surface area contributed by atoms with E-state index in [2.05, 4.69) is 16.0 Å². The van der Waals surface area contributed by atoms with Crippen LogP contribution in [0.5, 0.6) is 11.5 Å². The molecule has 6 rings (SSSR count). The molecule has 43 heavy (non-hydrogen) atoms. The molecule has 3 saturated heterocycles. The zero-order valence-corrected chi connectivity index (χ0v) is 25.6. The van der Waals surface area contributed by atoms with E-state index >= 15 is 0 Å². The van der Waals surface area contributed by atoms with Crippen molar-refractivity contribution in [1.82, 2.24) is 20.9 Å². The first-order chi connectivity index (χ1) is 20.8. The summed E-state index contributed by atoms with van der Waals surface area (Å²) >= 11 is 1.49. The number of benzene rings is 2. The van der Waals surface area contributed by atoms with Crippen LogP contribution in [-0.4, -0.2) is 73.6 Å². The van der Waals surface area contributed by atoms with Gasteiger partial charge in [0.2, 0.25) is 5.91 Å². The van der Waals surface area contributed by atoms with Gasteiger partial charge in [-0.3, -0.25) is 14.5 Å². The van der Waals surface area contributed by atoms with E-state index in [1.165, 1.54) is 11.8 Å². The van der Waals surface area contributed by atoms with Crippen LogP contribution in [0.25, 0.3) is 0 Å². The molecule has 4 amide bonds. The first kappa shape index (κ1) is 29.5. The molecule has 10 nitrogen and oxygen atoms in total. The maximum absolute atomic E-state index is 13.7. The average molecular weight is 606 g/mol. The van der Waals surface area contributed by atoms with Crippen LogP contribution in [0.2, 0.25) is 0 Å². The second kappa shape index (κ2) is 12.6. The van der Waals surface area contributed by atoms with E-state index in [1.807, 2.05) is 72.2 Å². The number of hydrogen-bond acceptors (Lipinski definition) is 7. The molecule has 11 heteroatoms. The summed E-state index contributed by atoms with van der Waals surface area (Å²) in [6.07, 6.45) is 2.40. The lowest BCUT2D eigenvalue weighted by molar-refractivity contribution is -0.138. The summed E-state index contributed by atoms with van der Waals surface area (Å²) in [5.74, 6) is 1.05. The number of likely N-dealkylation sites (tertiary alicyclic amines) is 1. The lowest BCUT2D eigenvalue weighted by Gasteiger charge is -2.46. The SMILES string of the molecule is COCC(C)C(=O)N1CCC[C@@H](NC(=O)C2=C3NC(=O)N(c4ccc(Oc5ccccc5)cc4C)C4CCNC(S2)C34)C1. The normalized spacial score (nSPS) is 25.6. The monoisotopic (exact) mass is 605 g/mol. The van der Waals surface area contributed by atoms with Crippen molar-refractivity contribution < 1.29 is 23.9 Å². The van der Waals surface area contributed by atoms with Gasteiger partial charge in [-0.15, -0.1) is 0 Å². The van der Waals surface area contributed by atoms with Gasteiger partial charge in [-0.25, -0.2) is 4.79 Å². The Hall–Kier alpha value is -3.54. The van der Waals surface area contributed by atoms with E-state index in [0.717, 1.165) is 42.8 Å². The summed E-state index contributed by atoms with van der Waals surface area (Å²) in [4.78, 5) is 44.4. The third-order valence-electron chi connectivity index (χ3n) is 8.66. The Morgan fingerprint density at radius 3 is 2.72 bits per heavy atom. The van der Waals surface area contributed by atoms with Crippen molar-refractivity contribution in [3.63, 3.8) is 0 Å². The first-order valence-corrected chi connectivity index (χ1v) is 15.9. The van der Waals surface area contributed by atoms with Gasteiger partial charge in [0.05, 0.1) is 28.8 Å². The van der Waals surface area contributed by atoms with Crippen LogP contribution in [0, 0.1) is 18.8 Å². The first-order valence-electron chi connectivity index (χ1n) is 15.0. The maximum Gasteiger partial charge on any atom is 0.326 e. The van der Waals surface area contributed by atoms with Crippen molar-refractivity contribution in [3.8, 4) is 11.5 Å². The quantitative estimate of drug-likeness (QED) is 0.418. The lowest BCUT2D eigenvalue weighted by atomic mass is 9.86. The summed E-state index contributed by atoms with van der Waals surface area (Å²) < 4.78 is 11.2. The standard InChI is InChI=1S/C32H39N5O5S/c1-19-16-23(42-22-9-5-4-6-10-22)11-12-24(19)37-25-13-14-33-30-26(25)27(35-32(37)40)28(43-30)29(38)34-21-8-7-15-36(17-21)31(39)20(2)18-41-3/h4-6,9-12,16,20-21,25-26,30,33H,7-8,13-15,17-18H2,1-3H3,(H,34,38)(H,35,40)/t20?,21-,25?,26?,30?/m1/s1. The van der Waals surface area contributed by atoms with Crippen LogP contribution >= 0.6 is 11.8 Å². The largest absolute Gasteiger partial charge is 0.457 e. The molecule has 2 aromatic rings. The highest BCUT2D eigenvalue weighted by Crippen LogP contribution is 2.48. The number of nitrogens with one attached hydrogen (secondary N) is 3. The highest BCUT2D eigenvalue weighted by molar-refractivity contribution is 8.04. The molecule has 0 radical (unpaired) electrons. The van der Waals surface area contributed by atoms with Crippen LogP contribution in [-0.2, 0) is 14.3 Å². The van der Waals surface area contributed by atoms with Crippen molar-refractivity contribution >= 4 is 35.3 Å². The van der Waals surface area contributed by atoms with Gasteiger partial charge < -0.3 is 30.3 Å². The summed E-state index contributed by atoms with van der Waals surface area (Å²) in [5, 5.41) is 9.82. The predicted molar refractivity (Wildman–Crippen MR) is 166 cm³/mol. The van der Waals surface area contributed by atoms with Gasteiger partial charge in [-0.05, 0) is 68.6 Å². The number of nitrogens with zero attached hydrogens (tertiary/aromatic N) is 2.